The summed E-state index contributed by atoms with van der Waals surface area (Å²) >= 11 is 1.61. The molecule has 0 aliphatic heterocycles. The Kier molecular flexibility index (Phi) is 7.42. The zero-order valence-electron chi connectivity index (χ0n) is 17.4. The summed E-state index contributed by atoms with van der Waals surface area (Å²) in [4.78, 5) is 21.1. The van der Waals surface area contributed by atoms with Gasteiger partial charge in [0.05, 0.1) is 18.5 Å². The zero-order valence-corrected chi connectivity index (χ0v) is 18.2. The van der Waals surface area contributed by atoms with Crippen LogP contribution in [-0.4, -0.2) is 18.0 Å². The molecule has 3 rings (SSSR count). The van der Waals surface area contributed by atoms with Gasteiger partial charge in [-0.25, -0.2) is 4.98 Å². The van der Waals surface area contributed by atoms with E-state index in [2.05, 4.69) is 26.0 Å². The molecule has 0 bridgehead atoms. The summed E-state index contributed by atoms with van der Waals surface area (Å²) in [6, 6.07) is 17.8. The van der Waals surface area contributed by atoms with E-state index >= 15 is 0 Å². The number of hydrogen-bond acceptors (Lipinski definition) is 4. The molecule has 152 valence electrons. The van der Waals surface area contributed by atoms with Gasteiger partial charge in [0.25, 0.3) is 0 Å². The van der Waals surface area contributed by atoms with Crippen LogP contribution < -0.4 is 9.64 Å². The number of unbranched alkanes of at least 4 members (excludes halogenated alkanes) is 1. The Morgan fingerprint density at radius 2 is 1.86 bits per heavy atom. The number of thiazole rings is 1. The highest BCUT2D eigenvalue weighted by Gasteiger charge is 2.24. The molecule has 0 aliphatic carbocycles. The van der Waals surface area contributed by atoms with Crippen LogP contribution in [0.25, 0.3) is 11.3 Å². The summed E-state index contributed by atoms with van der Waals surface area (Å²) in [6.45, 7) is 4.26. The van der Waals surface area contributed by atoms with Gasteiger partial charge in [-0.05, 0) is 25.0 Å². The summed E-state index contributed by atoms with van der Waals surface area (Å²) < 4.78 is 5.38. The van der Waals surface area contributed by atoms with E-state index in [9.17, 15) is 4.79 Å². The van der Waals surface area contributed by atoms with Crippen LogP contribution in [0.5, 0.6) is 5.75 Å². The van der Waals surface area contributed by atoms with E-state index in [1.54, 1.807) is 23.3 Å². The van der Waals surface area contributed by atoms with Crippen LogP contribution in [0.15, 0.2) is 54.6 Å². The van der Waals surface area contributed by atoms with Gasteiger partial charge in [-0.3, -0.25) is 9.69 Å². The molecule has 1 amide bonds. The van der Waals surface area contributed by atoms with Crippen molar-refractivity contribution in [2.75, 3.05) is 12.0 Å². The number of hydrogen-bond donors (Lipinski definition) is 0. The molecule has 0 saturated heterocycles. The van der Waals surface area contributed by atoms with Gasteiger partial charge in [0, 0.05) is 22.9 Å². The second-order valence-corrected chi connectivity index (χ2v) is 7.98. The van der Waals surface area contributed by atoms with Gasteiger partial charge in [0.15, 0.2) is 5.13 Å². The lowest BCUT2D eigenvalue weighted by Gasteiger charge is -2.20. The number of benzene rings is 2. The monoisotopic (exact) mass is 408 g/mol. The lowest BCUT2D eigenvalue weighted by atomic mass is 10.1. The maximum atomic E-state index is 13.2. The quantitative estimate of drug-likeness (QED) is 0.399. The Bertz CT molecular complexity index is 937. The molecule has 4 nitrogen and oxygen atoms in total. The highest BCUT2D eigenvalue weighted by molar-refractivity contribution is 7.16. The first kappa shape index (κ1) is 21.1. The SMILES string of the molecule is CCCCC(=O)N(c1cccc(OC)c1)c1nc(-c2ccccc2)c(CCC)s1. The van der Waals surface area contributed by atoms with E-state index in [4.69, 9.17) is 9.72 Å². The summed E-state index contributed by atoms with van der Waals surface area (Å²) in [5, 5.41) is 0.724. The number of ether oxygens (including phenoxy) is 1. The van der Waals surface area contributed by atoms with Gasteiger partial charge >= 0.3 is 0 Å². The van der Waals surface area contributed by atoms with Crippen molar-refractivity contribution in [1.29, 1.82) is 0 Å². The molecule has 3 aromatic rings. The fraction of sp³-hybridized carbons (Fsp3) is 0.333. The Balaban J connectivity index is 2.08. The van der Waals surface area contributed by atoms with E-state index in [-0.39, 0.29) is 5.91 Å². The van der Waals surface area contributed by atoms with Crippen molar-refractivity contribution in [3.8, 4) is 17.0 Å². The van der Waals surface area contributed by atoms with E-state index < -0.39 is 0 Å². The summed E-state index contributed by atoms with van der Waals surface area (Å²) in [5.74, 6) is 0.793. The molecule has 0 N–H and O–H groups in total. The Morgan fingerprint density at radius 1 is 1.07 bits per heavy atom. The third-order valence-electron chi connectivity index (χ3n) is 4.71. The molecule has 29 heavy (non-hydrogen) atoms. The maximum absolute atomic E-state index is 13.2. The van der Waals surface area contributed by atoms with Crippen LogP contribution in [0.4, 0.5) is 10.8 Å². The number of aromatic nitrogens is 1. The molecule has 1 heterocycles. The molecule has 0 radical (unpaired) electrons. The minimum atomic E-state index is 0.0662. The number of aryl methyl sites for hydroxylation is 1. The van der Waals surface area contributed by atoms with Crippen LogP contribution in [0.2, 0.25) is 0 Å². The van der Waals surface area contributed by atoms with Crippen molar-refractivity contribution in [3.63, 3.8) is 0 Å². The van der Waals surface area contributed by atoms with Crippen LogP contribution in [0, 0.1) is 0 Å². The third-order valence-corrected chi connectivity index (χ3v) is 5.81. The van der Waals surface area contributed by atoms with Crippen LogP contribution >= 0.6 is 11.3 Å². The Morgan fingerprint density at radius 3 is 2.55 bits per heavy atom. The molecule has 0 unspecified atom stereocenters. The number of nitrogens with zero attached hydrogens (tertiary/aromatic N) is 2. The maximum Gasteiger partial charge on any atom is 0.233 e. The summed E-state index contributed by atoms with van der Waals surface area (Å²) in [5.41, 5.74) is 2.86. The minimum Gasteiger partial charge on any atom is -0.497 e. The van der Waals surface area contributed by atoms with Gasteiger partial charge in [-0.1, -0.05) is 63.1 Å². The highest BCUT2D eigenvalue weighted by atomic mass is 32.1. The Hall–Kier alpha value is -2.66. The van der Waals surface area contributed by atoms with Gasteiger partial charge in [-0.2, -0.15) is 0 Å². The van der Waals surface area contributed by atoms with E-state index in [1.807, 2.05) is 42.5 Å². The van der Waals surface area contributed by atoms with Gasteiger partial charge in [0.1, 0.15) is 5.75 Å². The normalized spacial score (nSPS) is 10.7. The van der Waals surface area contributed by atoms with Gasteiger partial charge in [-0.15, -0.1) is 11.3 Å². The van der Waals surface area contributed by atoms with Gasteiger partial charge < -0.3 is 4.74 Å². The summed E-state index contributed by atoms with van der Waals surface area (Å²) in [7, 11) is 1.64. The van der Waals surface area contributed by atoms with Crippen molar-refractivity contribution in [3.05, 3.63) is 59.5 Å². The lowest BCUT2D eigenvalue weighted by molar-refractivity contribution is -0.118. The van der Waals surface area contributed by atoms with Crippen molar-refractivity contribution >= 4 is 28.1 Å². The van der Waals surface area contributed by atoms with E-state index in [0.29, 0.717) is 6.42 Å². The van der Waals surface area contributed by atoms with Crippen molar-refractivity contribution in [1.82, 2.24) is 4.98 Å². The lowest BCUT2D eigenvalue weighted by Crippen LogP contribution is -2.25. The van der Waals surface area contributed by atoms with Crippen LogP contribution in [0.3, 0.4) is 0 Å². The molecule has 5 heteroatoms. The second-order valence-electron chi connectivity index (χ2n) is 6.92. The minimum absolute atomic E-state index is 0.0662. The molecule has 0 saturated carbocycles. The van der Waals surface area contributed by atoms with Gasteiger partial charge in [0.2, 0.25) is 5.91 Å². The topological polar surface area (TPSA) is 42.4 Å². The largest absolute Gasteiger partial charge is 0.497 e. The molecule has 0 spiro atoms. The summed E-state index contributed by atoms with van der Waals surface area (Å²) in [6.07, 6.45) is 4.31. The molecular weight excluding hydrogens is 380 g/mol. The fourth-order valence-electron chi connectivity index (χ4n) is 3.20. The molecule has 2 aromatic carbocycles. The second kappa shape index (κ2) is 10.2. The number of carbonyl (C=O) groups excluding carboxylic acids is 1. The average Bonchev–Trinajstić information content (AvgIpc) is 3.16. The third kappa shape index (κ3) is 5.04. The van der Waals surface area contributed by atoms with Crippen molar-refractivity contribution in [2.45, 2.75) is 46.0 Å². The number of carbonyl (C=O) groups is 1. The fourth-order valence-corrected chi connectivity index (χ4v) is 4.43. The van der Waals surface area contributed by atoms with Crippen molar-refractivity contribution in [2.24, 2.45) is 0 Å². The predicted octanol–water partition coefficient (Wildman–Crippen LogP) is 6.63. The van der Waals surface area contributed by atoms with Crippen molar-refractivity contribution < 1.29 is 9.53 Å². The van der Waals surface area contributed by atoms with Crippen LogP contribution in [0.1, 0.15) is 44.4 Å². The van der Waals surface area contributed by atoms with E-state index in [0.717, 1.165) is 53.5 Å². The zero-order chi connectivity index (χ0) is 20.6. The first-order valence-electron chi connectivity index (χ1n) is 10.2. The molecule has 0 fully saturated rings. The number of anilines is 2. The standard InChI is InChI=1S/C24H28N2O2S/c1-4-6-16-22(27)26(19-14-10-15-20(17-19)28-3)24-25-23(21(29-24)11-5-2)18-12-8-7-9-13-18/h7-10,12-15,17H,4-6,11,16H2,1-3H3. The Labute approximate surface area is 177 Å². The molecule has 0 aliphatic rings. The molecular formula is C24H28N2O2S. The molecule has 0 atom stereocenters. The number of methoxy groups -OCH3 is 1. The average molecular weight is 409 g/mol. The predicted molar refractivity (Wildman–Crippen MR) is 121 cm³/mol. The smallest absolute Gasteiger partial charge is 0.233 e. The highest BCUT2D eigenvalue weighted by Crippen LogP contribution is 2.38. The first-order chi connectivity index (χ1) is 14.2. The molecule has 1 aromatic heterocycles. The first-order valence-corrected chi connectivity index (χ1v) is 11.0. The number of amides is 1. The van der Waals surface area contributed by atoms with E-state index in [1.165, 1.54) is 4.88 Å². The van der Waals surface area contributed by atoms with Crippen LogP contribution in [-0.2, 0) is 11.2 Å². The number of rotatable bonds is 9.